The average Bonchev–Trinajstić information content (AvgIpc) is 3.06. The second kappa shape index (κ2) is 6.96. The molecule has 2 heterocycles. The minimum absolute atomic E-state index is 0.0591. The molecule has 0 saturated carbocycles. The maximum atomic E-state index is 12.4. The minimum Gasteiger partial charge on any atom is -0.445 e. The standard InChI is InChI=1S/C18H20N2O2S/c1-13-10-15(11-19-17(13)23)16-8-5-9-20(16)18(21)22-12-14-6-3-2-4-7-14/h2-4,6-7,10-11,16H,5,8-9,12H2,1H3,(H,19,23). The highest BCUT2D eigenvalue weighted by Gasteiger charge is 2.31. The van der Waals surface area contributed by atoms with Crippen molar-refractivity contribution in [3.05, 3.63) is 63.9 Å². The molecule has 0 radical (unpaired) electrons. The maximum Gasteiger partial charge on any atom is 0.410 e. The molecule has 1 atom stereocenters. The van der Waals surface area contributed by atoms with Crippen molar-refractivity contribution in [1.82, 2.24) is 9.88 Å². The second-order valence-corrected chi connectivity index (χ2v) is 6.24. The molecule has 1 fully saturated rings. The molecule has 23 heavy (non-hydrogen) atoms. The molecule has 0 bridgehead atoms. The first-order valence-electron chi connectivity index (χ1n) is 7.81. The van der Waals surface area contributed by atoms with Crippen LogP contribution in [0, 0.1) is 11.6 Å². The number of nitrogens with zero attached hydrogens (tertiary/aromatic N) is 1. The summed E-state index contributed by atoms with van der Waals surface area (Å²) in [6.45, 7) is 3.02. The normalized spacial score (nSPS) is 17.3. The summed E-state index contributed by atoms with van der Waals surface area (Å²) in [5, 5.41) is 0. The van der Waals surface area contributed by atoms with E-state index in [2.05, 4.69) is 11.1 Å². The number of amides is 1. The number of carbonyl (C=O) groups is 1. The molecule has 0 spiro atoms. The van der Waals surface area contributed by atoms with Crippen LogP contribution in [0.1, 0.15) is 35.6 Å². The summed E-state index contributed by atoms with van der Waals surface area (Å²) >= 11 is 5.20. The number of ether oxygens (including phenoxy) is 1. The Hall–Kier alpha value is -2.14. The Bertz CT molecular complexity index is 742. The van der Waals surface area contributed by atoms with Gasteiger partial charge in [0.25, 0.3) is 0 Å². The predicted molar refractivity (Wildman–Crippen MR) is 91.7 cm³/mol. The molecule has 1 amide bonds. The first-order chi connectivity index (χ1) is 11.1. The third-order valence-electron chi connectivity index (χ3n) is 4.19. The number of H-pyrrole nitrogens is 1. The van der Waals surface area contributed by atoms with Gasteiger partial charge in [0.1, 0.15) is 11.2 Å². The number of hydrogen-bond donors (Lipinski definition) is 1. The van der Waals surface area contributed by atoms with E-state index in [9.17, 15) is 4.79 Å². The molecule has 4 nitrogen and oxygen atoms in total. The fourth-order valence-corrected chi connectivity index (χ4v) is 3.06. The van der Waals surface area contributed by atoms with E-state index in [1.165, 1.54) is 0 Å². The van der Waals surface area contributed by atoms with E-state index in [0.717, 1.165) is 40.7 Å². The Kier molecular flexibility index (Phi) is 4.76. The van der Waals surface area contributed by atoms with Crippen LogP contribution in [-0.4, -0.2) is 22.5 Å². The molecule has 1 aliphatic heterocycles. The van der Waals surface area contributed by atoms with Gasteiger partial charge >= 0.3 is 6.09 Å². The van der Waals surface area contributed by atoms with E-state index >= 15 is 0 Å². The van der Waals surface area contributed by atoms with Gasteiger partial charge in [-0.05, 0) is 42.5 Å². The number of pyridine rings is 1. The second-order valence-electron chi connectivity index (χ2n) is 5.84. The van der Waals surface area contributed by atoms with E-state index in [1.807, 2.05) is 48.4 Å². The van der Waals surface area contributed by atoms with Crippen molar-refractivity contribution in [2.45, 2.75) is 32.4 Å². The summed E-state index contributed by atoms with van der Waals surface area (Å²) in [5.74, 6) is 0. The van der Waals surface area contributed by atoms with Crippen LogP contribution in [0.25, 0.3) is 0 Å². The maximum absolute atomic E-state index is 12.4. The number of likely N-dealkylation sites (tertiary alicyclic amines) is 1. The zero-order valence-electron chi connectivity index (χ0n) is 13.1. The first-order valence-corrected chi connectivity index (χ1v) is 8.22. The minimum atomic E-state index is -0.253. The molecule has 1 aromatic heterocycles. The van der Waals surface area contributed by atoms with Crippen molar-refractivity contribution in [1.29, 1.82) is 0 Å². The fraction of sp³-hybridized carbons (Fsp3) is 0.333. The highest BCUT2D eigenvalue weighted by Crippen LogP contribution is 2.32. The molecule has 1 aliphatic rings. The summed E-state index contributed by atoms with van der Waals surface area (Å²) < 4.78 is 6.21. The summed E-state index contributed by atoms with van der Waals surface area (Å²) in [6.07, 6.45) is 3.59. The lowest BCUT2D eigenvalue weighted by molar-refractivity contribution is 0.0920. The Balaban J connectivity index is 1.69. The van der Waals surface area contributed by atoms with Crippen molar-refractivity contribution in [2.24, 2.45) is 0 Å². The lowest BCUT2D eigenvalue weighted by atomic mass is 10.1. The molecule has 1 saturated heterocycles. The van der Waals surface area contributed by atoms with Crippen LogP contribution in [0.15, 0.2) is 42.6 Å². The molecular weight excluding hydrogens is 308 g/mol. The van der Waals surface area contributed by atoms with Crippen LogP contribution in [-0.2, 0) is 11.3 Å². The van der Waals surface area contributed by atoms with Gasteiger partial charge in [0.05, 0.1) is 6.04 Å². The fourth-order valence-electron chi connectivity index (χ4n) is 2.95. The molecule has 2 aromatic rings. The smallest absolute Gasteiger partial charge is 0.410 e. The number of aromatic nitrogens is 1. The van der Waals surface area contributed by atoms with Crippen molar-refractivity contribution in [2.75, 3.05) is 6.54 Å². The van der Waals surface area contributed by atoms with Crippen LogP contribution in [0.2, 0.25) is 0 Å². The molecule has 1 aromatic carbocycles. The summed E-state index contributed by atoms with van der Waals surface area (Å²) in [4.78, 5) is 17.3. The van der Waals surface area contributed by atoms with Gasteiger partial charge in [-0.1, -0.05) is 42.5 Å². The number of carbonyl (C=O) groups excluding carboxylic acids is 1. The predicted octanol–water partition coefficient (Wildman–Crippen LogP) is 4.53. The van der Waals surface area contributed by atoms with E-state index < -0.39 is 0 Å². The number of nitrogens with one attached hydrogen (secondary N) is 1. The van der Waals surface area contributed by atoms with Crippen molar-refractivity contribution in [3.63, 3.8) is 0 Å². The van der Waals surface area contributed by atoms with E-state index in [1.54, 1.807) is 0 Å². The highest BCUT2D eigenvalue weighted by molar-refractivity contribution is 7.71. The van der Waals surface area contributed by atoms with Crippen molar-refractivity contribution < 1.29 is 9.53 Å². The van der Waals surface area contributed by atoms with Gasteiger partial charge in [-0.3, -0.25) is 0 Å². The van der Waals surface area contributed by atoms with Gasteiger partial charge in [-0.2, -0.15) is 0 Å². The first kappa shape index (κ1) is 15.7. The van der Waals surface area contributed by atoms with Crippen molar-refractivity contribution in [3.8, 4) is 0 Å². The number of aryl methyl sites for hydroxylation is 1. The Morgan fingerprint density at radius 2 is 2.17 bits per heavy atom. The zero-order chi connectivity index (χ0) is 16.2. The van der Waals surface area contributed by atoms with Crippen LogP contribution in [0.4, 0.5) is 4.79 Å². The van der Waals surface area contributed by atoms with Gasteiger partial charge in [0.15, 0.2) is 0 Å². The topological polar surface area (TPSA) is 45.3 Å². The zero-order valence-corrected chi connectivity index (χ0v) is 13.9. The van der Waals surface area contributed by atoms with Gasteiger partial charge in [0, 0.05) is 12.7 Å². The Morgan fingerprint density at radius 3 is 2.91 bits per heavy atom. The molecule has 1 unspecified atom stereocenters. The van der Waals surface area contributed by atoms with Gasteiger partial charge in [0.2, 0.25) is 0 Å². The van der Waals surface area contributed by atoms with Gasteiger partial charge in [-0.15, -0.1) is 0 Å². The summed E-state index contributed by atoms with van der Waals surface area (Å²) in [7, 11) is 0. The molecule has 1 N–H and O–H groups in total. The van der Waals surface area contributed by atoms with E-state index in [0.29, 0.717) is 6.61 Å². The monoisotopic (exact) mass is 328 g/mol. The lowest BCUT2D eigenvalue weighted by Gasteiger charge is -2.24. The highest BCUT2D eigenvalue weighted by atomic mass is 32.1. The van der Waals surface area contributed by atoms with Crippen LogP contribution < -0.4 is 0 Å². The average molecular weight is 328 g/mol. The number of benzene rings is 1. The summed E-state index contributed by atoms with van der Waals surface area (Å²) in [6, 6.07) is 11.9. The van der Waals surface area contributed by atoms with Crippen LogP contribution in [0.5, 0.6) is 0 Å². The third-order valence-corrected chi connectivity index (χ3v) is 4.63. The Labute approximate surface area is 141 Å². The van der Waals surface area contributed by atoms with E-state index in [-0.39, 0.29) is 12.1 Å². The van der Waals surface area contributed by atoms with Gasteiger partial charge < -0.3 is 14.6 Å². The third kappa shape index (κ3) is 3.62. The van der Waals surface area contributed by atoms with Crippen LogP contribution >= 0.6 is 12.2 Å². The molecule has 120 valence electrons. The number of hydrogen-bond acceptors (Lipinski definition) is 3. The summed E-state index contributed by atoms with van der Waals surface area (Å²) in [5.41, 5.74) is 3.11. The van der Waals surface area contributed by atoms with Crippen LogP contribution in [0.3, 0.4) is 0 Å². The molecule has 5 heteroatoms. The lowest BCUT2D eigenvalue weighted by Crippen LogP contribution is -2.31. The number of rotatable bonds is 3. The Morgan fingerprint density at radius 1 is 1.39 bits per heavy atom. The van der Waals surface area contributed by atoms with E-state index in [4.69, 9.17) is 17.0 Å². The largest absolute Gasteiger partial charge is 0.445 e. The SMILES string of the molecule is Cc1cc(C2CCCN2C(=O)OCc2ccccc2)c[nH]c1=S. The number of aromatic amines is 1. The molecule has 0 aliphatic carbocycles. The van der Waals surface area contributed by atoms with Crippen molar-refractivity contribution >= 4 is 18.3 Å². The quantitative estimate of drug-likeness (QED) is 0.842. The molecular formula is C18H20N2O2S. The molecule has 3 rings (SSSR count). The van der Waals surface area contributed by atoms with Gasteiger partial charge in [-0.25, -0.2) is 4.79 Å².